The smallest absolute Gasteiger partial charge is 0.255 e. The topological polar surface area (TPSA) is 87.7 Å². The van der Waals surface area contributed by atoms with Gasteiger partial charge >= 0.3 is 0 Å². The third kappa shape index (κ3) is 2.69. The van der Waals surface area contributed by atoms with Gasteiger partial charge < -0.3 is 20.5 Å². The van der Waals surface area contributed by atoms with Gasteiger partial charge in [0.2, 0.25) is 5.91 Å². The van der Waals surface area contributed by atoms with Gasteiger partial charge in [0.15, 0.2) is 0 Å². The van der Waals surface area contributed by atoms with Crippen molar-refractivity contribution in [1.82, 2.24) is 5.32 Å². The van der Waals surface area contributed by atoms with Gasteiger partial charge in [-0.25, -0.2) is 0 Å². The van der Waals surface area contributed by atoms with Gasteiger partial charge in [-0.2, -0.15) is 0 Å². The lowest BCUT2D eigenvalue weighted by Crippen LogP contribution is -2.43. The van der Waals surface area contributed by atoms with Crippen molar-refractivity contribution in [3.05, 3.63) is 36.4 Å². The molecule has 4 rings (SSSR count). The maximum atomic E-state index is 12.2. The molecule has 0 aromatic heterocycles. The number of rotatable bonds is 5. The fourth-order valence-electron chi connectivity index (χ4n) is 2.98. The lowest BCUT2D eigenvalue weighted by atomic mass is 9.70. The lowest BCUT2D eigenvalue weighted by Gasteiger charge is -2.35. The first-order chi connectivity index (χ1) is 10.5. The Bertz CT molecular complexity index is 630. The van der Waals surface area contributed by atoms with Gasteiger partial charge in [0.25, 0.3) is 5.91 Å². The molecule has 2 bridgehead atoms. The summed E-state index contributed by atoms with van der Waals surface area (Å²) in [4.78, 5) is 23.5. The summed E-state index contributed by atoms with van der Waals surface area (Å²) >= 11 is 0. The van der Waals surface area contributed by atoms with E-state index in [4.69, 9.17) is 4.74 Å². The van der Waals surface area contributed by atoms with Crippen molar-refractivity contribution < 1.29 is 19.4 Å². The Balaban J connectivity index is 1.66. The van der Waals surface area contributed by atoms with Crippen molar-refractivity contribution in [1.29, 1.82) is 0 Å². The van der Waals surface area contributed by atoms with Crippen LogP contribution >= 0.6 is 0 Å². The summed E-state index contributed by atoms with van der Waals surface area (Å²) in [6.07, 6.45) is 3.45. The fourth-order valence-corrected chi connectivity index (χ4v) is 2.98. The molecule has 0 spiro atoms. The zero-order chi connectivity index (χ0) is 15.7. The normalized spacial score (nSPS) is 25.2. The average molecular weight is 302 g/mol. The first-order valence-corrected chi connectivity index (χ1v) is 7.18. The van der Waals surface area contributed by atoms with Crippen LogP contribution in [0.5, 0.6) is 5.75 Å². The molecule has 6 nitrogen and oxygen atoms in total. The molecule has 0 radical (unpaired) electrons. The second-order valence-electron chi connectivity index (χ2n) is 5.95. The van der Waals surface area contributed by atoms with E-state index in [1.54, 1.807) is 0 Å². The van der Waals surface area contributed by atoms with Gasteiger partial charge in [-0.15, -0.1) is 0 Å². The summed E-state index contributed by atoms with van der Waals surface area (Å²) in [7, 11) is 0. The van der Waals surface area contributed by atoms with Crippen LogP contribution in [0.3, 0.4) is 0 Å². The predicted molar refractivity (Wildman–Crippen MR) is 80.7 cm³/mol. The number of phenols is 1. The molecule has 2 saturated heterocycles. The minimum atomic E-state index is -0.375. The number of ether oxygens (including phenoxy) is 1. The molecule has 116 valence electrons. The molecule has 22 heavy (non-hydrogen) atoms. The van der Waals surface area contributed by atoms with E-state index in [0.29, 0.717) is 24.9 Å². The van der Waals surface area contributed by atoms with E-state index in [1.165, 1.54) is 18.2 Å². The number of amides is 2. The number of anilines is 1. The minimum absolute atomic E-state index is 0.0601. The van der Waals surface area contributed by atoms with Crippen molar-refractivity contribution in [2.24, 2.45) is 5.41 Å². The molecule has 1 saturated carbocycles. The highest BCUT2D eigenvalue weighted by atomic mass is 16.5. The Morgan fingerprint density at radius 3 is 2.86 bits per heavy atom. The quantitative estimate of drug-likeness (QED) is 0.567. The third-order valence-electron chi connectivity index (χ3n) is 4.26. The number of hydrogen-bond donors (Lipinski definition) is 3. The van der Waals surface area contributed by atoms with Crippen molar-refractivity contribution in [3.8, 4) is 5.75 Å². The van der Waals surface area contributed by atoms with Gasteiger partial charge in [0, 0.05) is 17.6 Å². The van der Waals surface area contributed by atoms with Crippen LogP contribution in [-0.4, -0.2) is 36.2 Å². The Kier molecular flexibility index (Phi) is 3.62. The van der Waals surface area contributed by atoms with E-state index in [-0.39, 0.29) is 28.5 Å². The van der Waals surface area contributed by atoms with Crippen LogP contribution in [0.4, 0.5) is 5.69 Å². The first-order valence-electron chi connectivity index (χ1n) is 7.18. The monoisotopic (exact) mass is 302 g/mol. The number of hydrogen-bond acceptors (Lipinski definition) is 4. The van der Waals surface area contributed by atoms with Gasteiger partial charge in [-0.1, -0.05) is 6.58 Å². The van der Waals surface area contributed by atoms with Crippen molar-refractivity contribution >= 4 is 17.5 Å². The van der Waals surface area contributed by atoms with Crippen LogP contribution in [0.25, 0.3) is 0 Å². The Hall–Kier alpha value is -2.34. The fraction of sp³-hybridized carbons (Fsp3) is 0.375. The summed E-state index contributed by atoms with van der Waals surface area (Å²) in [5, 5.41) is 15.2. The van der Waals surface area contributed by atoms with Gasteiger partial charge in [0.05, 0.1) is 18.3 Å². The highest BCUT2D eigenvalue weighted by Gasteiger charge is 2.51. The molecular weight excluding hydrogens is 284 g/mol. The minimum Gasteiger partial charge on any atom is -0.507 e. The van der Waals surface area contributed by atoms with Crippen molar-refractivity contribution in [2.75, 3.05) is 18.5 Å². The van der Waals surface area contributed by atoms with E-state index < -0.39 is 0 Å². The zero-order valence-electron chi connectivity index (χ0n) is 12.1. The van der Waals surface area contributed by atoms with Crippen molar-refractivity contribution in [2.45, 2.75) is 18.9 Å². The summed E-state index contributed by atoms with van der Waals surface area (Å²) in [5.41, 5.74) is 0.622. The molecule has 3 N–H and O–H groups in total. The summed E-state index contributed by atoms with van der Waals surface area (Å²) in [6, 6.07) is 4.34. The van der Waals surface area contributed by atoms with E-state index >= 15 is 0 Å². The highest BCUT2D eigenvalue weighted by molar-refractivity contribution is 6.01. The number of fused-ring (bicyclic) bond motifs is 1. The van der Waals surface area contributed by atoms with Crippen molar-refractivity contribution in [3.63, 3.8) is 0 Å². The number of aromatic hydroxyl groups is 1. The molecule has 2 heterocycles. The Morgan fingerprint density at radius 2 is 2.23 bits per heavy atom. The predicted octanol–water partition coefficient (Wildman–Crippen LogP) is 1.43. The molecule has 2 amide bonds. The Morgan fingerprint density at radius 1 is 1.45 bits per heavy atom. The second-order valence-corrected chi connectivity index (χ2v) is 5.95. The van der Waals surface area contributed by atoms with Crippen LogP contribution in [-0.2, 0) is 9.53 Å². The van der Waals surface area contributed by atoms with Gasteiger partial charge in [0.1, 0.15) is 5.75 Å². The van der Waals surface area contributed by atoms with Crippen LogP contribution < -0.4 is 10.6 Å². The number of carbonyl (C=O) groups is 2. The Labute approximate surface area is 128 Å². The lowest BCUT2D eigenvalue weighted by molar-refractivity contribution is -0.111. The largest absolute Gasteiger partial charge is 0.507 e. The van der Waals surface area contributed by atoms with E-state index in [9.17, 15) is 14.7 Å². The number of nitrogens with one attached hydrogen (secondary N) is 2. The molecule has 0 unspecified atom stereocenters. The molecule has 1 aromatic rings. The van der Waals surface area contributed by atoms with Crippen LogP contribution in [0.15, 0.2) is 30.9 Å². The van der Waals surface area contributed by atoms with E-state index in [1.807, 2.05) is 0 Å². The standard InChI is InChI=1S/C16H18N2O4/c1-2-14(20)18-10-3-4-13(19)12(5-10)15(21)17-8-16-6-11(7-16)22-9-16/h2-5,11,19H,1,6-9H2,(H,17,21)(H,18,20). The summed E-state index contributed by atoms with van der Waals surface area (Å²) in [5.74, 6) is -0.864. The molecule has 6 heteroatoms. The number of carbonyl (C=O) groups excluding carboxylic acids is 2. The number of benzene rings is 1. The van der Waals surface area contributed by atoms with Crippen LogP contribution in [0, 0.1) is 5.41 Å². The molecule has 1 aromatic carbocycles. The maximum Gasteiger partial charge on any atom is 0.255 e. The average Bonchev–Trinajstić information content (AvgIpc) is 3.07. The number of phenolic OH excluding ortho intramolecular Hbond substituents is 1. The molecule has 1 aliphatic carbocycles. The van der Waals surface area contributed by atoms with Crippen LogP contribution in [0.2, 0.25) is 0 Å². The molecular formula is C16H18N2O4. The first kappa shape index (κ1) is 14.6. The highest BCUT2D eigenvalue weighted by Crippen LogP contribution is 2.49. The second kappa shape index (κ2) is 5.46. The van der Waals surface area contributed by atoms with Gasteiger partial charge in [-0.3, -0.25) is 9.59 Å². The van der Waals surface area contributed by atoms with E-state index in [0.717, 1.165) is 18.9 Å². The third-order valence-corrected chi connectivity index (χ3v) is 4.26. The molecule has 0 atom stereocenters. The molecule has 2 aliphatic heterocycles. The van der Waals surface area contributed by atoms with Crippen LogP contribution in [0.1, 0.15) is 23.2 Å². The summed E-state index contributed by atoms with van der Waals surface area (Å²) < 4.78 is 5.51. The maximum absolute atomic E-state index is 12.2. The SMILES string of the molecule is C=CC(=O)Nc1ccc(O)c(C(=O)NCC23COC(C2)C3)c1. The zero-order valence-corrected chi connectivity index (χ0v) is 12.1. The van der Waals surface area contributed by atoms with E-state index in [2.05, 4.69) is 17.2 Å². The molecule has 3 fully saturated rings. The summed E-state index contributed by atoms with van der Waals surface area (Å²) in [6.45, 7) is 4.58. The van der Waals surface area contributed by atoms with Gasteiger partial charge in [-0.05, 0) is 37.1 Å². The molecule has 3 aliphatic rings.